The second-order valence-electron chi connectivity index (χ2n) is 6.32. The molecule has 0 atom stereocenters. The van der Waals surface area contributed by atoms with E-state index in [1.807, 2.05) is 0 Å². The molecule has 5 nitrogen and oxygen atoms in total. The number of amides is 1. The second-order valence-corrected chi connectivity index (χ2v) is 6.73. The van der Waals surface area contributed by atoms with E-state index >= 15 is 0 Å². The third kappa shape index (κ3) is 4.74. The Hall–Kier alpha value is -2.67. The summed E-state index contributed by atoms with van der Waals surface area (Å²) in [4.78, 5) is 14.4. The summed E-state index contributed by atoms with van der Waals surface area (Å²) in [7, 11) is 1.50. The van der Waals surface area contributed by atoms with Crippen molar-refractivity contribution in [1.29, 1.82) is 0 Å². The van der Waals surface area contributed by atoms with Gasteiger partial charge in [0.25, 0.3) is 5.91 Å². The number of anilines is 2. The predicted octanol–water partition coefficient (Wildman–Crippen LogP) is 3.95. The van der Waals surface area contributed by atoms with Crippen LogP contribution in [-0.4, -0.2) is 31.2 Å². The van der Waals surface area contributed by atoms with Gasteiger partial charge in [0.15, 0.2) is 5.11 Å². The van der Waals surface area contributed by atoms with Crippen molar-refractivity contribution in [2.45, 2.75) is 19.3 Å². The van der Waals surface area contributed by atoms with Gasteiger partial charge in [-0.2, -0.15) is 0 Å². The lowest BCUT2D eigenvalue weighted by molar-refractivity contribution is 0.0975. The Kier molecular flexibility index (Phi) is 6.24. The molecule has 3 rings (SSSR count). The van der Waals surface area contributed by atoms with Gasteiger partial charge in [0, 0.05) is 18.8 Å². The molecular formula is C20H22FN3O2S. The zero-order chi connectivity index (χ0) is 19.2. The molecule has 7 heteroatoms. The van der Waals surface area contributed by atoms with Crippen molar-refractivity contribution in [2.24, 2.45) is 0 Å². The van der Waals surface area contributed by atoms with E-state index < -0.39 is 5.91 Å². The molecule has 0 aliphatic carbocycles. The van der Waals surface area contributed by atoms with Crippen LogP contribution in [-0.2, 0) is 0 Å². The molecule has 2 aromatic rings. The van der Waals surface area contributed by atoms with Crippen molar-refractivity contribution < 1.29 is 13.9 Å². The summed E-state index contributed by atoms with van der Waals surface area (Å²) in [5.41, 5.74) is 1.46. The van der Waals surface area contributed by atoms with E-state index in [1.54, 1.807) is 36.4 Å². The number of hydrogen-bond acceptors (Lipinski definition) is 4. The van der Waals surface area contributed by atoms with Gasteiger partial charge in [0.2, 0.25) is 0 Å². The lowest BCUT2D eigenvalue weighted by Crippen LogP contribution is -2.34. The van der Waals surface area contributed by atoms with E-state index in [0.29, 0.717) is 22.7 Å². The number of carbonyl (C=O) groups excluding carboxylic acids is 1. The van der Waals surface area contributed by atoms with E-state index in [4.69, 9.17) is 17.0 Å². The van der Waals surface area contributed by atoms with Gasteiger partial charge in [-0.15, -0.1) is 0 Å². The van der Waals surface area contributed by atoms with Gasteiger partial charge in [0.1, 0.15) is 11.6 Å². The number of benzene rings is 2. The Labute approximate surface area is 163 Å². The first kappa shape index (κ1) is 19.1. The molecule has 1 fully saturated rings. The monoisotopic (exact) mass is 387 g/mol. The van der Waals surface area contributed by atoms with Crippen LogP contribution < -0.4 is 20.3 Å². The van der Waals surface area contributed by atoms with Crippen molar-refractivity contribution in [2.75, 3.05) is 30.4 Å². The van der Waals surface area contributed by atoms with Crippen LogP contribution >= 0.6 is 12.2 Å². The number of thiocarbonyl (C=S) groups is 1. The maximum Gasteiger partial charge on any atom is 0.261 e. The second kappa shape index (κ2) is 8.81. The van der Waals surface area contributed by atoms with Crippen LogP contribution in [0.4, 0.5) is 15.8 Å². The predicted molar refractivity (Wildman–Crippen MR) is 109 cm³/mol. The van der Waals surface area contributed by atoms with Gasteiger partial charge >= 0.3 is 0 Å². The molecular weight excluding hydrogens is 365 g/mol. The number of carbonyl (C=O) groups is 1. The standard InChI is InChI=1S/C20H22FN3O2S/c1-26-18-8-4-3-7-15(18)19(25)23-20(27)22-14-9-10-17(16(21)13-14)24-11-5-2-6-12-24/h3-4,7-10,13H,2,5-6,11-12H2,1H3,(H2,22,23,25,27). The maximum atomic E-state index is 14.5. The molecule has 27 heavy (non-hydrogen) atoms. The summed E-state index contributed by atoms with van der Waals surface area (Å²) in [5, 5.41) is 5.53. The average molecular weight is 387 g/mol. The molecule has 1 saturated heterocycles. The smallest absolute Gasteiger partial charge is 0.261 e. The molecule has 1 aliphatic rings. The van der Waals surface area contributed by atoms with Crippen molar-refractivity contribution >= 4 is 34.6 Å². The van der Waals surface area contributed by atoms with Crippen LogP contribution in [0.2, 0.25) is 0 Å². The van der Waals surface area contributed by atoms with E-state index in [2.05, 4.69) is 15.5 Å². The fourth-order valence-electron chi connectivity index (χ4n) is 3.14. The number of para-hydroxylation sites is 1. The molecule has 0 spiro atoms. The Morgan fingerprint density at radius 3 is 2.59 bits per heavy atom. The topological polar surface area (TPSA) is 53.6 Å². The zero-order valence-corrected chi connectivity index (χ0v) is 15.9. The molecule has 2 N–H and O–H groups in total. The van der Waals surface area contributed by atoms with Gasteiger partial charge in [-0.1, -0.05) is 12.1 Å². The summed E-state index contributed by atoms with van der Waals surface area (Å²) < 4.78 is 19.7. The molecule has 142 valence electrons. The molecule has 0 radical (unpaired) electrons. The van der Waals surface area contributed by atoms with Crippen LogP contribution in [0, 0.1) is 5.82 Å². The number of ether oxygens (including phenoxy) is 1. The minimum absolute atomic E-state index is 0.0935. The van der Waals surface area contributed by atoms with Gasteiger partial charge < -0.3 is 15.0 Å². The molecule has 0 aromatic heterocycles. The van der Waals surface area contributed by atoms with Crippen molar-refractivity contribution in [1.82, 2.24) is 5.32 Å². The molecule has 1 aliphatic heterocycles. The molecule has 0 bridgehead atoms. The van der Waals surface area contributed by atoms with Gasteiger partial charge in [-0.25, -0.2) is 4.39 Å². The quantitative estimate of drug-likeness (QED) is 0.778. The van der Waals surface area contributed by atoms with E-state index in [0.717, 1.165) is 25.9 Å². The third-order valence-electron chi connectivity index (χ3n) is 4.48. The summed E-state index contributed by atoms with van der Waals surface area (Å²) >= 11 is 5.18. The molecule has 0 saturated carbocycles. The van der Waals surface area contributed by atoms with Crippen molar-refractivity contribution in [3.8, 4) is 5.75 Å². The maximum absolute atomic E-state index is 14.5. The van der Waals surface area contributed by atoms with Crippen LogP contribution in [0.1, 0.15) is 29.6 Å². The number of methoxy groups -OCH3 is 1. The minimum atomic E-state index is -0.393. The summed E-state index contributed by atoms with van der Waals surface area (Å²) in [6.07, 6.45) is 3.36. The number of halogens is 1. The molecule has 0 unspecified atom stereocenters. The first-order valence-electron chi connectivity index (χ1n) is 8.88. The van der Waals surface area contributed by atoms with Gasteiger partial charge in [0.05, 0.1) is 18.4 Å². The van der Waals surface area contributed by atoms with Crippen LogP contribution in [0.3, 0.4) is 0 Å². The van der Waals surface area contributed by atoms with E-state index in [-0.39, 0.29) is 10.9 Å². The Bertz CT molecular complexity index is 838. The highest BCUT2D eigenvalue weighted by molar-refractivity contribution is 7.80. The minimum Gasteiger partial charge on any atom is -0.496 e. The summed E-state index contributed by atoms with van der Waals surface area (Å²) in [6, 6.07) is 11.7. The zero-order valence-electron chi connectivity index (χ0n) is 15.1. The number of nitrogens with one attached hydrogen (secondary N) is 2. The fourth-order valence-corrected chi connectivity index (χ4v) is 3.35. The Balaban J connectivity index is 1.63. The van der Waals surface area contributed by atoms with Gasteiger partial charge in [-0.3, -0.25) is 10.1 Å². The van der Waals surface area contributed by atoms with Crippen molar-refractivity contribution in [3.05, 3.63) is 53.8 Å². The molecule has 1 heterocycles. The van der Waals surface area contributed by atoms with Crippen LogP contribution in [0.15, 0.2) is 42.5 Å². The fraction of sp³-hybridized carbons (Fsp3) is 0.300. The number of piperidine rings is 1. The highest BCUT2D eigenvalue weighted by Crippen LogP contribution is 2.25. The number of rotatable bonds is 4. The first-order chi connectivity index (χ1) is 13.1. The van der Waals surface area contributed by atoms with E-state index in [1.165, 1.54) is 19.6 Å². The van der Waals surface area contributed by atoms with Gasteiger partial charge in [-0.05, 0) is 61.8 Å². The lowest BCUT2D eigenvalue weighted by Gasteiger charge is -2.29. The SMILES string of the molecule is COc1ccccc1C(=O)NC(=S)Nc1ccc(N2CCCCC2)c(F)c1. The highest BCUT2D eigenvalue weighted by Gasteiger charge is 2.16. The third-order valence-corrected chi connectivity index (χ3v) is 4.69. The molecule has 2 aromatic carbocycles. The Morgan fingerprint density at radius 2 is 1.89 bits per heavy atom. The highest BCUT2D eigenvalue weighted by atomic mass is 32.1. The van der Waals surface area contributed by atoms with Crippen LogP contribution in [0.5, 0.6) is 5.75 Å². The average Bonchev–Trinajstić information content (AvgIpc) is 2.68. The largest absolute Gasteiger partial charge is 0.496 e. The summed E-state index contributed by atoms with van der Waals surface area (Å²) in [6.45, 7) is 1.74. The first-order valence-corrected chi connectivity index (χ1v) is 9.29. The normalized spacial score (nSPS) is 13.8. The lowest BCUT2D eigenvalue weighted by atomic mass is 10.1. The Morgan fingerprint density at radius 1 is 1.15 bits per heavy atom. The number of hydrogen-bond donors (Lipinski definition) is 2. The van der Waals surface area contributed by atoms with Crippen molar-refractivity contribution in [3.63, 3.8) is 0 Å². The number of nitrogens with zero attached hydrogens (tertiary/aromatic N) is 1. The van der Waals surface area contributed by atoms with E-state index in [9.17, 15) is 9.18 Å². The summed E-state index contributed by atoms with van der Waals surface area (Å²) in [5.74, 6) is -0.245. The van der Waals surface area contributed by atoms with Crippen LogP contribution in [0.25, 0.3) is 0 Å². The molecule has 1 amide bonds.